The summed E-state index contributed by atoms with van der Waals surface area (Å²) in [6, 6.07) is 12.7. The molecule has 0 fully saturated rings. The molecular weight excluding hydrogens is 529 g/mol. The monoisotopic (exact) mass is 552 g/mol. The Morgan fingerprint density at radius 2 is 1.84 bits per heavy atom. The normalized spacial score (nSPS) is 14.2. The molecule has 10 nitrogen and oxygen atoms in total. The second-order valence-electron chi connectivity index (χ2n) is 7.97. The summed E-state index contributed by atoms with van der Waals surface area (Å²) in [5.74, 6) is -0.887. The predicted octanol–water partition coefficient (Wildman–Crippen LogP) is 3.23. The Morgan fingerprint density at radius 3 is 2.42 bits per heavy atom. The zero-order chi connectivity index (χ0) is 28.0. The van der Waals surface area contributed by atoms with Crippen molar-refractivity contribution >= 4 is 29.2 Å². The summed E-state index contributed by atoms with van der Waals surface area (Å²) >= 11 is 6.11. The van der Waals surface area contributed by atoms with Crippen molar-refractivity contribution in [2.45, 2.75) is 25.6 Å². The van der Waals surface area contributed by atoms with Gasteiger partial charge < -0.3 is 20.9 Å². The third-order valence-corrected chi connectivity index (χ3v) is 5.59. The van der Waals surface area contributed by atoms with Gasteiger partial charge in [0.15, 0.2) is 5.82 Å². The highest BCUT2D eigenvalue weighted by molar-refractivity contribution is 6.30. The van der Waals surface area contributed by atoms with E-state index in [1.165, 1.54) is 0 Å². The van der Waals surface area contributed by atoms with Crippen LogP contribution in [0.2, 0.25) is 5.02 Å². The average molecular weight is 553 g/mol. The fraction of sp³-hybridized carbons (Fsp3) is 0.292. The van der Waals surface area contributed by atoms with Gasteiger partial charge in [-0.25, -0.2) is 4.79 Å². The smallest absolute Gasteiger partial charge is 0.490 e. The number of aromatic nitrogens is 3. The molecule has 202 valence electrons. The first-order valence-electron chi connectivity index (χ1n) is 11.2. The predicted molar refractivity (Wildman–Crippen MR) is 133 cm³/mol. The van der Waals surface area contributed by atoms with Crippen LogP contribution in [0, 0.1) is 6.92 Å². The van der Waals surface area contributed by atoms with Crippen LogP contribution < -0.4 is 15.8 Å². The van der Waals surface area contributed by atoms with Crippen LogP contribution in [0.25, 0.3) is 5.69 Å². The fourth-order valence-corrected chi connectivity index (χ4v) is 3.76. The number of aryl methyl sites for hydroxylation is 1. The molecule has 0 saturated heterocycles. The van der Waals surface area contributed by atoms with Crippen molar-refractivity contribution in [2.24, 2.45) is 10.7 Å². The van der Waals surface area contributed by atoms with Crippen molar-refractivity contribution in [3.63, 3.8) is 0 Å². The molecule has 38 heavy (non-hydrogen) atoms. The molecule has 3 aromatic rings. The van der Waals surface area contributed by atoms with E-state index in [1.54, 1.807) is 7.11 Å². The second kappa shape index (κ2) is 12.0. The minimum absolute atomic E-state index is 0.125. The molecule has 0 saturated carbocycles. The molecule has 1 amide bonds. The van der Waals surface area contributed by atoms with Crippen molar-refractivity contribution in [3.8, 4) is 11.4 Å². The third kappa shape index (κ3) is 6.66. The molecule has 4 rings (SSSR count). The number of benzene rings is 2. The number of alkyl halides is 3. The summed E-state index contributed by atoms with van der Waals surface area (Å²) in [7, 11) is 1.62. The molecule has 1 aliphatic heterocycles. The Kier molecular flexibility index (Phi) is 9.07. The van der Waals surface area contributed by atoms with E-state index in [9.17, 15) is 18.0 Å². The highest BCUT2D eigenvalue weighted by Gasteiger charge is 2.38. The number of halogens is 4. The van der Waals surface area contributed by atoms with Crippen molar-refractivity contribution < 1.29 is 32.6 Å². The van der Waals surface area contributed by atoms with Crippen LogP contribution in [0.1, 0.15) is 35.2 Å². The number of nitrogens with two attached hydrogens (primary N) is 1. The lowest BCUT2D eigenvalue weighted by Gasteiger charge is -2.14. The van der Waals surface area contributed by atoms with E-state index in [2.05, 4.69) is 15.5 Å². The standard InChI is InChI=1S/C22H23ClN6O2.C2HF3O2/c1-13-27-28-22-18(12-20(30)25-10-9-24)26-21(14-3-5-15(23)6-4-14)17-11-16(31-2)7-8-19(17)29(13)22;3-2(4,5)1(6)7/h3-8,11,18H,9-10,12,24H2,1-2H3,(H,25,30);(H,6,7)/t18-;/m0./s1. The molecule has 4 N–H and O–H groups in total. The molecule has 0 radical (unpaired) electrons. The van der Waals surface area contributed by atoms with Crippen LogP contribution in [0.15, 0.2) is 47.5 Å². The number of hydrogen-bond acceptors (Lipinski definition) is 7. The van der Waals surface area contributed by atoms with Gasteiger partial charge in [-0.2, -0.15) is 13.2 Å². The Hall–Kier alpha value is -3.97. The van der Waals surface area contributed by atoms with Gasteiger partial charge in [0.25, 0.3) is 0 Å². The number of fused-ring (bicyclic) bond motifs is 3. The number of amides is 1. The van der Waals surface area contributed by atoms with Crippen LogP contribution in [0.5, 0.6) is 5.75 Å². The number of carboxylic acids is 1. The summed E-state index contributed by atoms with van der Waals surface area (Å²) < 4.78 is 39.1. The van der Waals surface area contributed by atoms with Gasteiger partial charge in [-0.05, 0) is 37.3 Å². The Labute approximate surface area is 220 Å². The van der Waals surface area contributed by atoms with Crippen LogP contribution in [-0.4, -0.2) is 63.8 Å². The molecule has 0 unspecified atom stereocenters. The minimum atomic E-state index is -5.08. The number of nitrogens with one attached hydrogen (secondary N) is 1. The number of methoxy groups -OCH3 is 1. The van der Waals surface area contributed by atoms with Crippen LogP contribution in [0.4, 0.5) is 13.2 Å². The molecule has 0 spiro atoms. The fourth-order valence-electron chi connectivity index (χ4n) is 3.64. The highest BCUT2D eigenvalue weighted by Crippen LogP contribution is 2.34. The average Bonchev–Trinajstić information content (AvgIpc) is 3.20. The molecule has 1 aromatic heterocycles. The van der Waals surface area contributed by atoms with Gasteiger partial charge in [0, 0.05) is 29.2 Å². The van der Waals surface area contributed by atoms with Gasteiger partial charge in [0.1, 0.15) is 17.6 Å². The topological polar surface area (TPSA) is 145 Å². The first-order chi connectivity index (χ1) is 18.0. The van der Waals surface area contributed by atoms with Crippen molar-refractivity contribution in [3.05, 3.63) is 70.3 Å². The first kappa shape index (κ1) is 28.6. The van der Waals surface area contributed by atoms with E-state index in [0.717, 1.165) is 22.5 Å². The molecule has 0 aliphatic carbocycles. The van der Waals surface area contributed by atoms with Gasteiger partial charge >= 0.3 is 12.1 Å². The quantitative estimate of drug-likeness (QED) is 0.426. The van der Waals surface area contributed by atoms with Gasteiger partial charge in [-0.1, -0.05) is 23.7 Å². The number of carbonyl (C=O) groups excluding carboxylic acids is 1. The number of carboxylic acid groups (broad SMARTS) is 1. The Bertz CT molecular complexity index is 1340. The van der Waals surface area contributed by atoms with Gasteiger partial charge in [0.2, 0.25) is 5.91 Å². The number of nitrogens with zero attached hydrogens (tertiary/aromatic N) is 4. The number of ether oxygens (including phenoxy) is 1. The number of aliphatic imine (C=N–C) groups is 1. The summed E-state index contributed by atoms with van der Waals surface area (Å²) in [5, 5.41) is 19.2. The summed E-state index contributed by atoms with van der Waals surface area (Å²) in [6.07, 6.45) is -4.96. The van der Waals surface area contributed by atoms with Gasteiger partial charge in [-0.3, -0.25) is 14.4 Å². The highest BCUT2D eigenvalue weighted by atomic mass is 35.5. The second-order valence-corrected chi connectivity index (χ2v) is 8.41. The molecular formula is C24H24ClF3N6O4. The molecule has 14 heteroatoms. The molecule has 2 heterocycles. The summed E-state index contributed by atoms with van der Waals surface area (Å²) in [6.45, 7) is 2.65. The molecule has 1 aliphatic rings. The van der Waals surface area contributed by atoms with E-state index in [0.29, 0.717) is 35.5 Å². The zero-order valence-electron chi connectivity index (χ0n) is 20.3. The molecule has 2 aromatic carbocycles. The number of rotatable bonds is 6. The van der Waals surface area contributed by atoms with Crippen LogP contribution >= 0.6 is 11.6 Å². The van der Waals surface area contributed by atoms with Crippen molar-refractivity contribution in [2.75, 3.05) is 20.2 Å². The van der Waals surface area contributed by atoms with E-state index in [-0.39, 0.29) is 12.3 Å². The maximum absolute atomic E-state index is 12.5. The maximum atomic E-state index is 12.5. The Morgan fingerprint density at radius 1 is 1.18 bits per heavy atom. The summed E-state index contributed by atoms with van der Waals surface area (Å²) in [5.41, 5.74) is 8.85. The molecule has 1 atom stereocenters. The lowest BCUT2D eigenvalue weighted by atomic mass is 10.00. The van der Waals surface area contributed by atoms with Crippen molar-refractivity contribution in [1.82, 2.24) is 20.1 Å². The first-order valence-corrected chi connectivity index (χ1v) is 11.5. The van der Waals surface area contributed by atoms with Crippen molar-refractivity contribution in [1.29, 1.82) is 0 Å². The van der Waals surface area contributed by atoms with E-state index >= 15 is 0 Å². The van der Waals surface area contributed by atoms with E-state index in [1.807, 2.05) is 54.0 Å². The number of hydrogen-bond donors (Lipinski definition) is 3. The van der Waals surface area contributed by atoms with Gasteiger partial charge in [0.05, 0.1) is 24.9 Å². The van der Waals surface area contributed by atoms with Crippen LogP contribution in [0.3, 0.4) is 0 Å². The third-order valence-electron chi connectivity index (χ3n) is 5.34. The largest absolute Gasteiger partial charge is 0.497 e. The van der Waals surface area contributed by atoms with E-state index in [4.69, 9.17) is 37.0 Å². The van der Waals surface area contributed by atoms with Crippen LogP contribution in [-0.2, 0) is 9.59 Å². The SMILES string of the molecule is COc1ccc2c(c1)C(c1ccc(Cl)cc1)=N[C@@H](CC(=O)NCCN)c1nnc(C)n1-2.O=C(O)C(F)(F)F. The summed E-state index contributed by atoms with van der Waals surface area (Å²) in [4.78, 5) is 26.4. The maximum Gasteiger partial charge on any atom is 0.490 e. The van der Waals surface area contributed by atoms with Gasteiger partial charge in [-0.15, -0.1) is 10.2 Å². The number of aliphatic carboxylic acids is 1. The Balaban J connectivity index is 0.000000505. The van der Waals surface area contributed by atoms with E-state index < -0.39 is 18.2 Å². The zero-order valence-corrected chi connectivity index (χ0v) is 21.0. The lowest BCUT2D eigenvalue weighted by molar-refractivity contribution is -0.192. The minimum Gasteiger partial charge on any atom is -0.497 e. The lowest BCUT2D eigenvalue weighted by Crippen LogP contribution is -2.30. The number of carbonyl (C=O) groups is 2. The molecule has 0 bridgehead atoms.